The summed E-state index contributed by atoms with van der Waals surface area (Å²) in [4.78, 5) is 0. The van der Waals surface area contributed by atoms with Gasteiger partial charge in [-0.05, 0) is 13.8 Å². The summed E-state index contributed by atoms with van der Waals surface area (Å²) in [6.45, 7) is 5.58. The fraction of sp³-hybridized carbons (Fsp3) is 0.625. The van der Waals surface area contributed by atoms with Gasteiger partial charge >= 0.3 is 0 Å². The highest BCUT2D eigenvalue weighted by molar-refractivity contribution is 6.31. The fourth-order valence-electron chi connectivity index (χ4n) is 1.22. The van der Waals surface area contributed by atoms with Crippen molar-refractivity contribution < 1.29 is 4.74 Å². The Morgan fingerprint density at radius 1 is 1.67 bits per heavy atom. The first-order valence-corrected chi connectivity index (χ1v) is 4.37. The van der Waals surface area contributed by atoms with Gasteiger partial charge in [0, 0.05) is 0 Å². The third kappa shape index (κ3) is 1.34. The zero-order valence-electron chi connectivity index (χ0n) is 7.17. The van der Waals surface area contributed by atoms with Gasteiger partial charge in [-0.1, -0.05) is 11.6 Å². The summed E-state index contributed by atoms with van der Waals surface area (Å²) in [5, 5.41) is 5.07. The molecule has 3 nitrogen and oxygen atoms in total. The number of hydrogen-bond donors (Lipinski definition) is 0. The van der Waals surface area contributed by atoms with E-state index in [0.717, 1.165) is 29.6 Å². The van der Waals surface area contributed by atoms with Crippen molar-refractivity contribution in [2.24, 2.45) is 0 Å². The van der Waals surface area contributed by atoms with E-state index in [1.165, 1.54) is 0 Å². The van der Waals surface area contributed by atoms with Crippen molar-refractivity contribution in [2.75, 3.05) is 6.61 Å². The number of nitrogens with zero attached hydrogens (tertiary/aromatic N) is 2. The van der Waals surface area contributed by atoms with Gasteiger partial charge in [-0.15, -0.1) is 0 Å². The second kappa shape index (κ2) is 2.75. The Morgan fingerprint density at radius 2 is 2.33 bits per heavy atom. The molecular weight excluding hydrogens is 176 g/mol. The maximum absolute atomic E-state index is 5.98. The molecule has 66 valence electrons. The second-order valence-corrected chi connectivity index (χ2v) is 3.50. The van der Waals surface area contributed by atoms with E-state index in [0.29, 0.717) is 6.10 Å². The van der Waals surface area contributed by atoms with Crippen molar-refractivity contribution in [3.63, 3.8) is 0 Å². The largest absolute Gasteiger partial charge is 0.371 e. The summed E-state index contributed by atoms with van der Waals surface area (Å²) in [7, 11) is 0. The van der Waals surface area contributed by atoms with Gasteiger partial charge in [0.2, 0.25) is 0 Å². The van der Waals surface area contributed by atoms with Crippen LogP contribution in [0.25, 0.3) is 0 Å². The highest BCUT2D eigenvalue weighted by Gasteiger charge is 2.24. The molecule has 2 heterocycles. The first kappa shape index (κ1) is 8.08. The Hall–Kier alpha value is -0.540. The van der Waals surface area contributed by atoms with Gasteiger partial charge in [0.05, 0.1) is 29.6 Å². The van der Waals surface area contributed by atoms with Crippen LogP contribution in [0.2, 0.25) is 5.02 Å². The molecule has 0 amide bonds. The minimum absolute atomic E-state index is 0.360. The molecule has 0 aliphatic carbocycles. The summed E-state index contributed by atoms with van der Waals surface area (Å²) < 4.78 is 7.02. The number of rotatable bonds is 2. The third-order valence-electron chi connectivity index (χ3n) is 2.07. The predicted molar refractivity (Wildman–Crippen MR) is 46.5 cm³/mol. The van der Waals surface area contributed by atoms with Crippen molar-refractivity contribution in [1.29, 1.82) is 0 Å². The quantitative estimate of drug-likeness (QED) is 0.657. The molecule has 0 bridgehead atoms. The van der Waals surface area contributed by atoms with Crippen LogP contribution in [0.4, 0.5) is 0 Å². The maximum atomic E-state index is 5.98. The molecular formula is C8H11ClN2O. The van der Waals surface area contributed by atoms with Crippen molar-refractivity contribution in [2.45, 2.75) is 26.5 Å². The number of epoxide rings is 1. The molecule has 0 saturated carbocycles. The normalized spacial score (nSPS) is 21.4. The number of ether oxygens (including phenoxy) is 1. The smallest absolute Gasteiger partial charge is 0.100 e. The maximum Gasteiger partial charge on any atom is 0.100 e. The topological polar surface area (TPSA) is 30.4 Å². The molecule has 1 aliphatic heterocycles. The molecule has 1 atom stereocenters. The van der Waals surface area contributed by atoms with E-state index in [1.54, 1.807) is 0 Å². The minimum Gasteiger partial charge on any atom is -0.371 e. The van der Waals surface area contributed by atoms with E-state index in [4.69, 9.17) is 16.3 Å². The van der Waals surface area contributed by atoms with Crippen molar-refractivity contribution >= 4 is 11.6 Å². The number of hydrogen-bond acceptors (Lipinski definition) is 2. The van der Waals surface area contributed by atoms with Crippen LogP contribution in [-0.2, 0) is 11.3 Å². The van der Waals surface area contributed by atoms with E-state index < -0.39 is 0 Å². The van der Waals surface area contributed by atoms with Crippen LogP contribution in [0.1, 0.15) is 11.4 Å². The van der Waals surface area contributed by atoms with Gasteiger partial charge in [-0.2, -0.15) is 5.10 Å². The van der Waals surface area contributed by atoms with E-state index in [-0.39, 0.29) is 0 Å². The standard InChI is InChI=1S/C8H11ClN2O/c1-5-8(9)6(2)11(10-5)3-7-4-12-7/h7H,3-4H2,1-2H3/t7-/m0/s1. The number of aryl methyl sites for hydroxylation is 1. The van der Waals surface area contributed by atoms with E-state index in [9.17, 15) is 0 Å². The van der Waals surface area contributed by atoms with Crippen LogP contribution in [0, 0.1) is 13.8 Å². The van der Waals surface area contributed by atoms with Gasteiger partial charge in [0.25, 0.3) is 0 Å². The van der Waals surface area contributed by atoms with Gasteiger partial charge in [-0.25, -0.2) is 0 Å². The van der Waals surface area contributed by atoms with Gasteiger partial charge in [-0.3, -0.25) is 4.68 Å². The Bertz CT molecular complexity index is 304. The molecule has 1 aromatic rings. The molecule has 0 aromatic carbocycles. The summed E-state index contributed by atoms with van der Waals surface area (Å²) >= 11 is 5.98. The van der Waals surface area contributed by atoms with Gasteiger partial charge < -0.3 is 4.74 Å². The summed E-state index contributed by atoms with van der Waals surface area (Å²) in [5.74, 6) is 0. The molecule has 4 heteroatoms. The predicted octanol–water partition coefficient (Wildman–Crippen LogP) is 1.55. The van der Waals surface area contributed by atoms with Crippen LogP contribution in [-0.4, -0.2) is 22.5 Å². The Morgan fingerprint density at radius 3 is 2.75 bits per heavy atom. The molecule has 0 spiro atoms. The highest BCUT2D eigenvalue weighted by atomic mass is 35.5. The molecule has 0 radical (unpaired) electrons. The zero-order chi connectivity index (χ0) is 8.72. The van der Waals surface area contributed by atoms with Crippen molar-refractivity contribution in [1.82, 2.24) is 9.78 Å². The molecule has 0 N–H and O–H groups in total. The lowest BCUT2D eigenvalue weighted by Crippen LogP contribution is -2.07. The molecule has 1 aliphatic rings. The molecule has 1 fully saturated rings. The van der Waals surface area contributed by atoms with Crippen LogP contribution in [0.5, 0.6) is 0 Å². The lowest BCUT2D eigenvalue weighted by Gasteiger charge is -1.99. The van der Waals surface area contributed by atoms with E-state index >= 15 is 0 Å². The van der Waals surface area contributed by atoms with Crippen molar-refractivity contribution in [3.8, 4) is 0 Å². The van der Waals surface area contributed by atoms with Crippen LogP contribution < -0.4 is 0 Å². The van der Waals surface area contributed by atoms with E-state index in [1.807, 2.05) is 18.5 Å². The number of aromatic nitrogens is 2. The Balaban J connectivity index is 2.23. The first-order chi connectivity index (χ1) is 5.68. The Kier molecular flexibility index (Phi) is 1.85. The summed E-state index contributed by atoms with van der Waals surface area (Å²) in [5.41, 5.74) is 1.93. The SMILES string of the molecule is Cc1nn(C[C@H]2CO2)c(C)c1Cl. The lowest BCUT2D eigenvalue weighted by molar-refractivity contribution is 0.371. The lowest BCUT2D eigenvalue weighted by atomic mass is 10.4. The second-order valence-electron chi connectivity index (χ2n) is 3.12. The molecule has 1 aromatic heterocycles. The first-order valence-electron chi connectivity index (χ1n) is 3.99. The highest BCUT2D eigenvalue weighted by Crippen LogP contribution is 2.21. The molecule has 0 unspecified atom stereocenters. The Labute approximate surface area is 76.3 Å². The van der Waals surface area contributed by atoms with Crippen LogP contribution >= 0.6 is 11.6 Å². The fourth-order valence-corrected chi connectivity index (χ4v) is 1.35. The number of halogens is 1. The van der Waals surface area contributed by atoms with Crippen molar-refractivity contribution in [3.05, 3.63) is 16.4 Å². The van der Waals surface area contributed by atoms with Crippen LogP contribution in [0.15, 0.2) is 0 Å². The molecule has 12 heavy (non-hydrogen) atoms. The summed E-state index contributed by atoms with van der Waals surface area (Å²) in [6.07, 6.45) is 0.360. The van der Waals surface area contributed by atoms with Gasteiger partial charge in [0.15, 0.2) is 0 Å². The average Bonchev–Trinajstić information content (AvgIpc) is 2.80. The molecule has 2 rings (SSSR count). The minimum atomic E-state index is 0.360. The molecule has 1 saturated heterocycles. The summed E-state index contributed by atoms with van der Waals surface area (Å²) in [6, 6.07) is 0. The zero-order valence-corrected chi connectivity index (χ0v) is 7.93. The third-order valence-corrected chi connectivity index (χ3v) is 2.62. The van der Waals surface area contributed by atoms with Crippen LogP contribution in [0.3, 0.4) is 0 Å². The monoisotopic (exact) mass is 186 g/mol. The average molecular weight is 187 g/mol. The van der Waals surface area contributed by atoms with Gasteiger partial charge in [0.1, 0.15) is 6.10 Å². The van der Waals surface area contributed by atoms with E-state index in [2.05, 4.69) is 5.10 Å².